The molecule has 1 N–H and O–H groups in total. The lowest BCUT2D eigenvalue weighted by Gasteiger charge is -2.25. The van der Waals surface area contributed by atoms with E-state index in [1.807, 2.05) is 0 Å². The van der Waals surface area contributed by atoms with Crippen LogP contribution in [0.3, 0.4) is 0 Å². The van der Waals surface area contributed by atoms with Crippen molar-refractivity contribution < 1.29 is 0 Å². The third-order valence-corrected chi connectivity index (χ3v) is 8.13. The summed E-state index contributed by atoms with van der Waals surface area (Å²) in [7, 11) is 0. The molecule has 1 aliphatic heterocycles. The Labute approximate surface area is 196 Å². The number of aromatic amines is 1. The first-order valence-electron chi connectivity index (χ1n) is 13.6. The van der Waals surface area contributed by atoms with Crippen molar-refractivity contribution in [3.63, 3.8) is 0 Å². The van der Waals surface area contributed by atoms with E-state index in [-0.39, 0.29) is 0 Å². The summed E-state index contributed by atoms with van der Waals surface area (Å²) in [4.78, 5) is 9.03. The van der Waals surface area contributed by atoms with E-state index in [0.29, 0.717) is 17.8 Å². The van der Waals surface area contributed by atoms with Crippen molar-refractivity contribution in [3.8, 4) is 0 Å². The van der Waals surface area contributed by atoms with Crippen molar-refractivity contribution >= 4 is 11.3 Å². The molecule has 0 bridgehead atoms. The van der Waals surface area contributed by atoms with Gasteiger partial charge in [0.1, 0.15) is 0 Å². The van der Waals surface area contributed by atoms with E-state index in [2.05, 4.69) is 49.7 Å². The fourth-order valence-electron chi connectivity index (χ4n) is 6.02. The number of nitrogens with one attached hydrogen (secondary N) is 1. The second kappa shape index (κ2) is 11.3. The number of nitrogens with zero attached hydrogens (tertiary/aromatic N) is 1. The average molecular weight is 433 g/mol. The zero-order valence-electron chi connectivity index (χ0n) is 20.6. The molecule has 2 heterocycles. The highest BCUT2D eigenvalue weighted by Crippen LogP contribution is 2.40. The standard InChI is InChI=1S/C30H44N2/c1-4-5-8-13-22(2)26-18-20-28(31-26)30(25-16-11-7-12-17-25)29-21-19-27(32-29)23(3)24-14-9-6-10-15-24/h18-22,24-25,31H,3-17H2,1-2H3/b30-29-. The second-order valence-corrected chi connectivity index (χ2v) is 10.5. The number of H-pyrrole nitrogens is 1. The molecular formula is C30H44N2. The topological polar surface area (TPSA) is 28.1 Å². The Kier molecular flexibility index (Phi) is 8.27. The first-order valence-corrected chi connectivity index (χ1v) is 13.6. The Bertz CT molecular complexity index is 853. The van der Waals surface area contributed by atoms with E-state index in [1.54, 1.807) is 0 Å². The number of unbranched alkanes of at least 4 members (excludes halogenated alkanes) is 2. The van der Waals surface area contributed by atoms with Crippen LogP contribution in [-0.2, 0) is 0 Å². The van der Waals surface area contributed by atoms with Gasteiger partial charge in [0.2, 0.25) is 0 Å². The van der Waals surface area contributed by atoms with Gasteiger partial charge in [0, 0.05) is 17.0 Å². The molecule has 0 aromatic carbocycles. The summed E-state index contributed by atoms with van der Waals surface area (Å²) < 4.78 is 0. The third-order valence-electron chi connectivity index (χ3n) is 8.13. The lowest BCUT2D eigenvalue weighted by atomic mass is 9.81. The Hall–Kier alpha value is -1.83. The molecule has 0 amide bonds. The molecule has 1 aromatic heterocycles. The molecule has 3 aliphatic rings. The Morgan fingerprint density at radius 1 is 0.969 bits per heavy atom. The Balaban J connectivity index is 1.59. The highest BCUT2D eigenvalue weighted by atomic mass is 14.8. The normalized spacial score (nSPS) is 22.8. The summed E-state index contributed by atoms with van der Waals surface area (Å²) in [6.07, 6.45) is 23.0. The van der Waals surface area contributed by atoms with E-state index in [4.69, 9.17) is 4.99 Å². The molecule has 0 saturated heterocycles. The summed E-state index contributed by atoms with van der Waals surface area (Å²) in [5.74, 6) is 1.85. The van der Waals surface area contributed by atoms with Gasteiger partial charge in [0.05, 0.1) is 11.4 Å². The maximum atomic E-state index is 5.20. The minimum atomic E-state index is 0.595. The molecule has 1 unspecified atom stereocenters. The molecule has 32 heavy (non-hydrogen) atoms. The molecule has 0 spiro atoms. The van der Waals surface area contributed by atoms with Gasteiger partial charge in [-0.05, 0) is 79.7 Å². The summed E-state index contributed by atoms with van der Waals surface area (Å²) >= 11 is 0. The van der Waals surface area contributed by atoms with E-state index >= 15 is 0 Å². The van der Waals surface area contributed by atoms with Crippen LogP contribution >= 0.6 is 0 Å². The third kappa shape index (κ3) is 5.56. The SMILES string of the molecule is C=C(C1=N/C(=C(\c2ccc(C(C)CCCCC)[nH]2)C2CCCCC2)C=C1)C1CCCCC1. The van der Waals surface area contributed by atoms with Gasteiger partial charge in [0.25, 0.3) is 0 Å². The van der Waals surface area contributed by atoms with Crippen molar-refractivity contribution in [2.24, 2.45) is 16.8 Å². The molecule has 1 aromatic rings. The van der Waals surface area contributed by atoms with Gasteiger partial charge in [-0.3, -0.25) is 0 Å². The van der Waals surface area contributed by atoms with Gasteiger partial charge in [-0.15, -0.1) is 0 Å². The van der Waals surface area contributed by atoms with E-state index in [0.717, 1.165) is 5.71 Å². The molecule has 2 saturated carbocycles. The largest absolute Gasteiger partial charge is 0.358 e. The highest BCUT2D eigenvalue weighted by molar-refractivity contribution is 6.11. The van der Waals surface area contributed by atoms with Crippen LogP contribution in [0, 0.1) is 11.8 Å². The number of rotatable bonds is 9. The molecule has 2 fully saturated rings. The fourth-order valence-corrected chi connectivity index (χ4v) is 6.02. The van der Waals surface area contributed by atoms with Crippen LogP contribution in [0.5, 0.6) is 0 Å². The molecule has 1 atom stereocenters. The maximum absolute atomic E-state index is 5.20. The van der Waals surface area contributed by atoms with Crippen molar-refractivity contribution in [2.45, 2.75) is 110 Å². The van der Waals surface area contributed by atoms with Crippen LogP contribution in [0.4, 0.5) is 0 Å². The predicted molar refractivity (Wildman–Crippen MR) is 139 cm³/mol. The molecule has 2 nitrogen and oxygen atoms in total. The van der Waals surface area contributed by atoms with Crippen molar-refractivity contribution in [1.82, 2.24) is 4.98 Å². The second-order valence-electron chi connectivity index (χ2n) is 10.5. The zero-order chi connectivity index (χ0) is 22.3. The molecule has 2 aliphatic carbocycles. The van der Waals surface area contributed by atoms with Gasteiger partial charge < -0.3 is 4.98 Å². The Morgan fingerprint density at radius 2 is 1.66 bits per heavy atom. The van der Waals surface area contributed by atoms with Crippen LogP contribution in [0.1, 0.15) is 121 Å². The quantitative estimate of drug-likeness (QED) is 0.377. The fraction of sp³-hybridized carbons (Fsp3) is 0.633. The Morgan fingerprint density at radius 3 is 2.34 bits per heavy atom. The lowest BCUT2D eigenvalue weighted by molar-refractivity contribution is 0.412. The van der Waals surface area contributed by atoms with Crippen LogP contribution in [0.2, 0.25) is 0 Å². The summed E-state index contributed by atoms with van der Waals surface area (Å²) in [6, 6.07) is 4.67. The predicted octanol–water partition coefficient (Wildman–Crippen LogP) is 9.14. The summed E-state index contributed by atoms with van der Waals surface area (Å²) in [5, 5.41) is 0. The van der Waals surface area contributed by atoms with Crippen molar-refractivity contribution in [1.29, 1.82) is 0 Å². The molecule has 2 heteroatoms. The summed E-state index contributed by atoms with van der Waals surface area (Å²) in [6.45, 7) is 9.15. The van der Waals surface area contributed by atoms with E-state index < -0.39 is 0 Å². The van der Waals surface area contributed by atoms with Crippen LogP contribution < -0.4 is 0 Å². The van der Waals surface area contributed by atoms with Gasteiger partial charge in [0.15, 0.2) is 0 Å². The average Bonchev–Trinajstić information content (AvgIpc) is 3.51. The minimum absolute atomic E-state index is 0.595. The van der Waals surface area contributed by atoms with Gasteiger partial charge in [-0.2, -0.15) is 0 Å². The maximum Gasteiger partial charge on any atom is 0.0693 e. The van der Waals surface area contributed by atoms with Gasteiger partial charge in [-0.25, -0.2) is 4.99 Å². The lowest BCUT2D eigenvalue weighted by Crippen LogP contribution is -2.13. The van der Waals surface area contributed by atoms with Gasteiger partial charge >= 0.3 is 0 Å². The first kappa shape index (κ1) is 23.3. The van der Waals surface area contributed by atoms with Gasteiger partial charge in [-0.1, -0.05) is 78.2 Å². The van der Waals surface area contributed by atoms with Crippen LogP contribution in [0.15, 0.2) is 47.1 Å². The molecular weight excluding hydrogens is 388 g/mol. The van der Waals surface area contributed by atoms with E-state index in [1.165, 1.54) is 118 Å². The van der Waals surface area contributed by atoms with Crippen LogP contribution in [0.25, 0.3) is 5.57 Å². The van der Waals surface area contributed by atoms with E-state index in [9.17, 15) is 0 Å². The molecule has 0 radical (unpaired) electrons. The summed E-state index contributed by atoms with van der Waals surface area (Å²) in [5.41, 5.74) is 7.76. The number of aliphatic imine (C=N–C) groups is 1. The monoisotopic (exact) mass is 432 g/mol. The molecule has 174 valence electrons. The van der Waals surface area contributed by atoms with Crippen LogP contribution in [-0.4, -0.2) is 10.7 Å². The highest BCUT2D eigenvalue weighted by Gasteiger charge is 2.26. The minimum Gasteiger partial charge on any atom is -0.358 e. The smallest absolute Gasteiger partial charge is 0.0693 e. The first-order chi connectivity index (χ1) is 15.7. The zero-order valence-corrected chi connectivity index (χ0v) is 20.6. The van der Waals surface area contributed by atoms with Crippen molar-refractivity contribution in [3.05, 3.63) is 53.5 Å². The number of hydrogen-bond donors (Lipinski definition) is 1. The number of aromatic nitrogens is 1. The van der Waals surface area contributed by atoms with Crippen molar-refractivity contribution in [2.75, 3.05) is 0 Å². The number of hydrogen-bond acceptors (Lipinski definition) is 1. The number of allylic oxidation sites excluding steroid dienone is 4. The molecule has 4 rings (SSSR count).